The fraction of sp³-hybridized carbons (Fsp3) is 0.570. The predicted octanol–water partition coefficient (Wildman–Crippen LogP) is 8.41. The topological polar surface area (TPSA) is 484 Å². The van der Waals surface area contributed by atoms with Crippen molar-refractivity contribution in [3.63, 3.8) is 0 Å². The first-order valence-corrected chi connectivity index (χ1v) is 47.9. The van der Waals surface area contributed by atoms with Gasteiger partial charge in [-0.1, -0.05) is 0 Å². The number of aliphatic hydroxyl groups is 1. The number of hydrogen-bond acceptors (Lipinski definition) is 30. The third-order valence-corrected chi connectivity index (χ3v) is 29.1. The SMILES string of the molecule is COC(=O)c1cc2cc(F)c(N3CC[C@@H](C4(NC(=O)OC(C)(C)C)CC4)C3)c3c2n(c1=O)[C@@H](CO)CO3.COC[C@H]1COc2c(N3CC[C@@H](C4(N)CC4)C3)c(F)cc3cc(C(=O)O)c(=O)n1c23.COC[C@H]1COc2c(N3CC[C@@H](C4(NC(=O)OC(C)(C)C)CC4)C3)c(F)cc3cc(C(=O)O)c(=O)n1c23.COC[C@H]1COc2c(N3CC[C@@H](C4(NC(=O)OC(C)(C)C)CC4)C3)c(F)cc3cc(C(=O)OC)c(=O)n1c23.Cl.[Li+].[OH-]. The van der Waals surface area contributed by atoms with Crippen LogP contribution in [0.4, 0.5) is 54.7 Å². The zero-order valence-electron chi connectivity index (χ0n) is 83.8. The van der Waals surface area contributed by atoms with Crippen molar-refractivity contribution in [1.29, 1.82) is 0 Å². The van der Waals surface area contributed by atoms with Crippen LogP contribution in [-0.2, 0) is 37.9 Å². The molecule has 0 unspecified atom stereocenters. The summed E-state index contributed by atoms with van der Waals surface area (Å²) in [5.74, 6) is -4.90. The van der Waals surface area contributed by atoms with E-state index in [1.165, 1.54) is 95.2 Å². The van der Waals surface area contributed by atoms with Gasteiger partial charge in [0.15, 0.2) is 46.3 Å². The third kappa shape index (κ3) is 21.2. The molecule has 4 aromatic carbocycles. The van der Waals surface area contributed by atoms with E-state index >= 15 is 17.6 Å². The van der Waals surface area contributed by atoms with E-state index < -0.39 is 146 Å². The second kappa shape index (κ2) is 41.5. The number of esters is 2. The van der Waals surface area contributed by atoms with Gasteiger partial charge in [-0.15, -0.1) is 12.4 Å². The number of methoxy groups -OCH3 is 5. The molecule has 4 aromatic heterocycles. The Bertz CT molecular complexity index is 6700. The number of aliphatic hydroxyl groups excluding tert-OH is 1. The van der Waals surface area contributed by atoms with Gasteiger partial charge in [0.25, 0.3) is 22.2 Å². The van der Waals surface area contributed by atoms with Crippen LogP contribution in [0.15, 0.2) is 67.7 Å². The number of alkyl carbamates (subject to hydrolysis) is 3. The Morgan fingerprint density at radius 2 is 0.641 bits per heavy atom. The number of carbonyl (C=O) groups is 7. The number of carbonyl (C=O) groups excluding carboxylic acids is 5. The number of hydrogen-bond donors (Lipinski definition) is 7. The number of nitrogens with zero attached hydrogens (tertiary/aromatic N) is 8. The predicted molar refractivity (Wildman–Crippen MR) is 521 cm³/mol. The van der Waals surface area contributed by atoms with Crippen molar-refractivity contribution in [2.24, 2.45) is 29.4 Å². The van der Waals surface area contributed by atoms with Gasteiger partial charge in [-0.2, -0.15) is 0 Å². The van der Waals surface area contributed by atoms with Crippen LogP contribution in [0.1, 0.15) is 205 Å². The van der Waals surface area contributed by atoms with E-state index in [1.807, 2.05) is 81.9 Å². The smallest absolute Gasteiger partial charge is 0.870 e. The van der Waals surface area contributed by atoms with Crippen molar-refractivity contribution in [3.05, 3.63) is 135 Å². The standard InChI is InChI=1S/C27H34FN3O7.2C26H32FN3O7.C21H24FN3O5.ClH.Li.H2O/c1-26(2,3)38-25(34)29-27(7-8-27)16-6-9-30(12-16)21-19(28)11-15-10-18(24(33)36-5)23(32)31-17(13-35-4)14-37-22(21)20(15)31;1-25(2,3)37-24(34)28-26(6-7-26)15-5-8-29(11-15)20-18(27)10-14-9-17(23(32)33)22(31)30-16(12-35-4)13-36-21(20)19(14)30;1-25(2,3)37-24(34)28-26(6-7-26)15-5-8-29(11-15)20-18(27)10-14-9-17(23(33)35-4)22(32)30-16(12-31)13-36-21(20)19(14)30;1-29-9-13-10-30-18-16-11(6-14(20(27)28)19(26)25(13)16)7-15(22)17(18)24-5-2-12(8-24)21(23)3-4-21;;;/h10-11,16-17H,6-9,12-14H2,1-5H3,(H,29,34);9-10,15-16H,5-8,11-13H2,1-4H3,(H,28,34)(H,32,33);9-10,15-16,31H,5-8,11-13H2,1-4H3,(H,28,34);6-7,12-13H,2-5,8-10,23H2,1H3,(H,27,28);1H;;1H2/q;;;;;+1;/p-1/t16-,17+;2*15-,16+;12-,13+;;;/m1111.../s1. The number of halogens is 5. The van der Waals surface area contributed by atoms with Crippen LogP contribution in [0, 0.1) is 46.9 Å². The van der Waals surface area contributed by atoms with Crippen molar-refractivity contribution >= 4 is 121 Å². The van der Waals surface area contributed by atoms with Crippen LogP contribution in [0.2, 0.25) is 0 Å². The summed E-state index contributed by atoms with van der Waals surface area (Å²) in [6.45, 7) is 21.0. The number of carboxylic acid groups (broad SMARTS) is 2. The molecule has 9 N–H and O–H groups in total. The van der Waals surface area contributed by atoms with Crippen molar-refractivity contribution in [3.8, 4) is 23.0 Å². The van der Waals surface area contributed by atoms with Crippen LogP contribution in [-0.4, -0.2) is 261 Å². The molecule has 8 aliphatic heterocycles. The average Bonchev–Trinajstić information content (AvgIpc) is 1.02. The first-order valence-electron chi connectivity index (χ1n) is 47.9. The van der Waals surface area contributed by atoms with E-state index in [-0.39, 0.29) is 179 Å². The quantitative estimate of drug-likeness (QED) is 0.0145. The summed E-state index contributed by atoms with van der Waals surface area (Å²) in [5.41, 5.74) is 2.15. The van der Waals surface area contributed by atoms with Gasteiger partial charge in [0.05, 0.1) is 86.9 Å². The molecule has 145 heavy (non-hydrogen) atoms. The Morgan fingerprint density at radius 1 is 0.400 bits per heavy atom. The Balaban J connectivity index is 0.000000152. The number of carboxylic acids is 2. The van der Waals surface area contributed by atoms with E-state index in [2.05, 4.69) is 16.0 Å². The van der Waals surface area contributed by atoms with E-state index in [1.54, 1.807) is 0 Å². The van der Waals surface area contributed by atoms with E-state index in [0.717, 1.165) is 84.2 Å². The minimum atomic E-state index is -1.38. The van der Waals surface area contributed by atoms with Gasteiger partial charge in [-0.05, 0) is 194 Å². The molecule has 8 aromatic rings. The second-order valence-electron chi connectivity index (χ2n) is 42.1. The average molecular weight is 2040 g/mol. The molecule has 4 aliphatic carbocycles. The molecular formula is C100H124ClF4LiN12O27. The van der Waals surface area contributed by atoms with Gasteiger partial charge in [0.2, 0.25) is 0 Å². The van der Waals surface area contributed by atoms with E-state index in [4.69, 9.17) is 62.6 Å². The molecule has 12 aliphatic rings. The Kier molecular flexibility index (Phi) is 31.1. The largest absolute Gasteiger partial charge is 1.00 e. The zero-order chi connectivity index (χ0) is 102. The molecule has 4 saturated heterocycles. The number of nitrogens with one attached hydrogen (secondary N) is 3. The van der Waals surface area contributed by atoms with Crippen molar-refractivity contribution in [1.82, 2.24) is 34.2 Å². The van der Waals surface area contributed by atoms with Crippen LogP contribution in [0.3, 0.4) is 0 Å². The number of nitrogens with two attached hydrogens (primary N) is 1. The van der Waals surface area contributed by atoms with Crippen molar-refractivity contribution < 1.29 is 148 Å². The molecule has 12 heterocycles. The number of pyridine rings is 4. The van der Waals surface area contributed by atoms with Crippen LogP contribution in [0.5, 0.6) is 23.0 Å². The summed E-state index contributed by atoms with van der Waals surface area (Å²) in [4.78, 5) is 146. The number of rotatable bonds is 22. The fourth-order valence-electron chi connectivity index (χ4n) is 21.8. The molecule has 39 nitrogen and oxygen atoms in total. The Labute approximate surface area is 848 Å². The first kappa shape index (κ1) is 109. The molecule has 8 atom stereocenters. The number of aromatic carboxylic acids is 2. The Hall–Kier alpha value is -11.8. The first-order chi connectivity index (χ1) is 67.2. The molecular weight excluding hydrogens is 1920 g/mol. The Morgan fingerprint density at radius 3 is 0.876 bits per heavy atom. The summed E-state index contributed by atoms with van der Waals surface area (Å²) in [6, 6.07) is 7.94. The number of aromatic nitrogens is 4. The van der Waals surface area contributed by atoms with Crippen molar-refractivity contribution in [2.45, 2.75) is 202 Å². The van der Waals surface area contributed by atoms with Crippen LogP contribution >= 0.6 is 12.4 Å². The molecule has 8 fully saturated rings. The van der Waals surface area contributed by atoms with Crippen molar-refractivity contribution in [2.75, 3.05) is 160 Å². The third-order valence-electron chi connectivity index (χ3n) is 29.1. The number of ether oxygens (including phenoxy) is 12. The number of amides is 3. The second-order valence-corrected chi connectivity index (χ2v) is 42.1. The maximum atomic E-state index is 15.7. The molecule has 782 valence electrons. The normalized spacial score (nSPS) is 21.9. The maximum Gasteiger partial charge on any atom is 1.00 e. The molecule has 4 saturated carbocycles. The molecule has 0 spiro atoms. The summed E-state index contributed by atoms with van der Waals surface area (Å²) in [5, 5.41) is 39.3. The zero-order valence-corrected chi connectivity index (χ0v) is 84.6. The number of anilines is 4. The van der Waals surface area contributed by atoms with Gasteiger partial charge in [0.1, 0.15) is 88.2 Å². The van der Waals surface area contributed by atoms with Gasteiger partial charge in [-0.3, -0.25) is 37.4 Å². The monoisotopic (exact) mass is 2040 g/mol. The van der Waals surface area contributed by atoms with Crippen LogP contribution < -0.4 is 101 Å². The van der Waals surface area contributed by atoms with Crippen LogP contribution in [0.25, 0.3) is 43.6 Å². The summed E-state index contributed by atoms with van der Waals surface area (Å²) < 4.78 is 133. The van der Waals surface area contributed by atoms with Gasteiger partial charge in [0, 0.05) is 135 Å². The summed E-state index contributed by atoms with van der Waals surface area (Å²) >= 11 is 0. The molecule has 0 radical (unpaired) electrons. The van der Waals surface area contributed by atoms with Gasteiger partial charge >= 0.3 is 61.0 Å². The summed E-state index contributed by atoms with van der Waals surface area (Å²) in [6.07, 6.45) is 8.70. The van der Waals surface area contributed by atoms with Gasteiger partial charge < -0.3 is 119 Å². The van der Waals surface area contributed by atoms with Gasteiger partial charge in [-0.25, -0.2) is 51.1 Å². The maximum absolute atomic E-state index is 15.7. The molecule has 20 rings (SSSR count). The summed E-state index contributed by atoms with van der Waals surface area (Å²) in [7, 11) is 6.86. The van der Waals surface area contributed by atoms with E-state index in [9.17, 15) is 68.1 Å². The molecule has 3 amide bonds. The molecule has 45 heteroatoms. The van der Waals surface area contributed by atoms with E-state index in [0.29, 0.717) is 102 Å². The number of benzene rings is 4. The molecule has 0 bridgehead atoms. The minimum absolute atomic E-state index is 0. The minimum Gasteiger partial charge on any atom is -0.870 e. The fourth-order valence-corrected chi connectivity index (χ4v) is 21.8.